The first-order chi connectivity index (χ1) is 7.65. The molecule has 0 spiro atoms. The van der Waals surface area contributed by atoms with Crippen LogP contribution in [0, 0.1) is 13.8 Å². The van der Waals surface area contributed by atoms with Gasteiger partial charge in [-0.2, -0.15) is 0 Å². The van der Waals surface area contributed by atoms with E-state index in [9.17, 15) is 0 Å². The van der Waals surface area contributed by atoms with Crippen LogP contribution in [0.2, 0.25) is 0 Å². The molecule has 2 heteroatoms. The standard InChI is InChI=1S/C14H16N2/c1-10-6-7-14(8-11(10)2)16-13-5-3-4-12(15)9-13/h3-9,16H,15H2,1-2H3. The van der Waals surface area contributed by atoms with Crippen LogP contribution in [-0.2, 0) is 0 Å². The van der Waals surface area contributed by atoms with Crippen LogP contribution >= 0.6 is 0 Å². The second-order valence-electron chi connectivity index (χ2n) is 4.05. The highest BCUT2D eigenvalue weighted by Gasteiger charge is 1.97. The van der Waals surface area contributed by atoms with Gasteiger partial charge in [0.05, 0.1) is 0 Å². The average Bonchev–Trinajstić information content (AvgIpc) is 2.24. The van der Waals surface area contributed by atoms with Crippen molar-refractivity contribution in [3.8, 4) is 0 Å². The van der Waals surface area contributed by atoms with Gasteiger partial charge in [0.25, 0.3) is 0 Å². The normalized spacial score (nSPS) is 10.1. The number of anilines is 3. The molecule has 0 unspecified atom stereocenters. The van der Waals surface area contributed by atoms with Crippen LogP contribution < -0.4 is 11.1 Å². The summed E-state index contributed by atoms with van der Waals surface area (Å²) in [6.45, 7) is 4.22. The van der Waals surface area contributed by atoms with Crippen LogP contribution in [0.15, 0.2) is 42.5 Å². The van der Waals surface area contributed by atoms with Crippen molar-refractivity contribution in [3.05, 3.63) is 53.6 Å². The second-order valence-corrected chi connectivity index (χ2v) is 4.05. The first-order valence-corrected chi connectivity index (χ1v) is 5.35. The van der Waals surface area contributed by atoms with E-state index in [4.69, 9.17) is 5.73 Å². The Hall–Kier alpha value is -1.96. The summed E-state index contributed by atoms with van der Waals surface area (Å²) in [6.07, 6.45) is 0. The zero-order valence-corrected chi connectivity index (χ0v) is 9.62. The number of aryl methyl sites for hydroxylation is 2. The largest absolute Gasteiger partial charge is 0.399 e. The first-order valence-electron chi connectivity index (χ1n) is 5.35. The lowest BCUT2D eigenvalue weighted by atomic mass is 10.1. The number of nitrogen functional groups attached to an aromatic ring is 1. The van der Waals surface area contributed by atoms with Gasteiger partial charge in [0.1, 0.15) is 0 Å². The minimum absolute atomic E-state index is 0.772. The molecular weight excluding hydrogens is 196 g/mol. The van der Waals surface area contributed by atoms with Gasteiger partial charge in [-0.25, -0.2) is 0 Å². The third-order valence-electron chi connectivity index (χ3n) is 2.68. The van der Waals surface area contributed by atoms with E-state index in [1.165, 1.54) is 11.1 Å². The fourth-order valence-electron chi connectivity index (χ4n) is 1.60. The van der Waals surface area contributed by atoms with Gasteiger partial charge in [0, 0.05) is 17.1 Å². The lowest BCUT2D eigenvalue weighted by Crippen LogP contribution is -1.93. The van der Waals surface area contributed by atoms with Crippen molar-refractivity contribution >= 4 is 17.1 Å². The van der Waals surface area contributed by atoms with E-state index in [0.717, 1.165) is 17.1 Å². The highest BCUT2D eigenvalue weighted by molar-refractivity contribution is 5.64. The Balaban J connectivity index is 2.24. The number of benzene rings is 2. The van der Waals surface area contributed by atoms with Gasteiger partial charge in [-0.05, 0) is 55.3 Å². The van der Waals surface area contributed by atoms with Crippen LogP contribution in [0.1, 0.15) is 11.1 Å². The fourth-order valence-corrected chi connectivity index (χ4v) is 1.60. The van der Waals surface area contributed by atoms with Gasteiger partial charge in [0.15, 0.2) is 0 Å². The van der Waals surface area contributed by atoms with Crippen molar-refractivity contribution in [1.82, 2.24) is 0 Å². The van der Waals surface area contributed by atoms with E-state index in [1.54, 1.807) is 0 Å². The summed E-state index contributed by atoms with van der Waals surface area (Å²) in [6, 6.07) is 14.1. The van der Waals surface area contributed by atoms with Gasteiger partial charge in [-0.15, -0.1) is 0 Å². The second kappa shape index (κ2) is 4.27. The van der Waals surface area contributed by atoms with Gasteiger partial charge < -0.3 is 11.1 Å². The molecule has 0 heterocycles. The fraction of sp³-hybridized carbons (Fsp3) is 0.143. The van der Waals surface area contributed by atoms with E-state index < -0.39 is 0 Å². The minimum atomic E-state index is 0.772. The van der Waals surface area contributed by atoms with Crippen molar-refractivity contribution in [2.45, 2.75) is 13.8 Å². The van der Waals surface area contributed by atoms with E-state index >= 15 is 0 Å². The summed E-state index contributed by atoms with van der Waals surface area (Å²) in [4.78, 5) is 0. The van der Waals surface area contributed by atoms with Crippen LogP contribution in [0.25, 0.3) is 0 Å². The molecule has 0 bridgehead atoms. The van der Waals surface area contributed by atoms with Crippen molar-refractivity contribution in [2.24, 2.45) is 0 Å². The lowest BCUT2D eigenvalue weighted by molar-refractivity contribution is 1.34. The van der Waals surface area contributed by atoms with Crippen LogP contribution in [0.5, 0.6) is 0 Å². The summed E-state index contributed by atoms with van der Waals surface area (Å²) in [7, 11) is 0. The lowest BCUT2D eigenvalue weighted by Gasteiger charge is -2.09. The Kier molecular flexibility index (Phi) is 2.82. The quantitative estimate of drug-likeness (QED) is 0.746. The highest BCUT2D eigenvalue weighted by Crippen LogP contribution is 2.20. The SMILES string of the molecule is Cc1ccc(Nc2cccc(N)c2)cc1C. The van der Waals surface area contributed by atoms with Crippen LogP contribution in [-0.4, -0.2) is 0 Å². The molecule has 2 nitrogen and oxygen atoms in total. The minimum Gasteiger partial charge on any atom is -0.399 e. The average molecular weight is 212 g/mol. The summed E-state index contributed by atoms with van der Waals surface area (Å²) in [5.74, 6) is 0. The molecule has 0 aromatic heterocycles. The Morgan fingerprint density at radius 2 is 1.62 bits per heavy atom. The van der Waals surface area contributed by atoms with Crippen molar-refractivity contribution < 1.29 is 0 Å². The highest BCUT2D eigenvalue weighted by atomic mass is 14.9. The van der Waals surface area contributed by atoms with E-state index in [2.05, 4.69) is 37.4 Å². The zero-order chi connectivity index (χ0) is 11.5. The maximum absolute atomic E-state index is 5.73. The number of nitrogens with one attached hydrogen (secondary N) is 1. The Morgan fingerprint density at radius 3 is 2.31 bits per heavy atom. The Labute approximate surface area is 96.1 Å². The number of hydrogen-bond donors (Lipinski definition) is 2. The van der Waals surface area contributed by atoms with Gasteiger partial charge in [-0.1, -0.05) is 12.1 Å². The maximum atomic E-state index is 5.73. The smallest absolute Gasteiger partial charge is 0.0404 e. The molecule has 16 heavy (non-hydrogen) atoms. The van der Waals surface area contributed by atoms with E-state index in [-0.39, 0.29) is 0 Å². The monoisotopic (exact) mass is 212 g/mol. The molecule has 0 aliphatic heterocycles. The van der Waals surface area contributed by atoms with E-state index in [1.807, 2.05) is 24.3 Å². The Bertz CT molecular complexity index is 504. The molecule has 0 fully saturated rings. The Morgan fingerprint density at radius 1 is 0.875 bits per heavy atom. The van der Waals surface area contributed by atoms with Gasteiger partial charge in [-0.3, -0.25) is 0 Å². The molecule has 0 atom stereocenters. The first kappa shape index (κ1) is 10.6. The summed E-state index contributed by atoms with van der Waals surface area (Å²) in [5.41, 5.74) is 11.2. The van der Waals surface area contributed by atoms with Crippen molar-refractivity contribution in [3.63, 3.8) is 0 Å². The molecule has 0 aliphatic rings. The summed E-state index contributed by atoms with van der Waals surface area (Å²) < 4.78 is 0. The van der Waals surface area contributed by atoms with Gasteiger partial charge >= 0.3 is 0 Å². The predicted molar refractivity (Wildman–Crippen MR) is 70.1 cm³/mol. The number of hydrogen-bond acceptors (Lipinski definition) is 2. The third-order valence-corrected chi connectivity index (χ3v) is 2.68. The van der Waals surface area contributed by atoms with Gasteiger partial charge in [0.2, 0.25) is 0 Å². The zero-order valence-electron chi connectivity index (χ0n) is 9.62. The molecule has 0 saturated heterocycles. The molecule has 82 valence electrons. The molecule has 0 radical (unpaired) electrons. The molecule has 0 amide bonds. The molecule has 3 N–H and O–H groups in total. The maximum Gasteiger partial charge on any atom is 0.0404 e. The molecule has 0 aliphatic carbocycles. The van der Waals surface area contributed by atoms with E-state index in [0.29, 0.717) is 0 Å². The third kappa shape index (κ3) is 2.34. The predicted octanol–water partition coefficient (Wildman–Crippen LogP) is 3.63. The summed E-state index contributed by atoms with van der Waals surface area (Å²) in [5, 5.41) is 3.33. The van der Waals surface area contributed by atoms with Crippen LogP contribution in [0.4, 0.5) is 17.1 Å². The van der Waals surface area contributed by atoms with Crippen molar-refractivity contribution in [1.29, 1.82) is 0 Å². The topological polar surface area (TPSA) is 38.0 Å². The molecule has 0 saturated carbocycles. The molecular formula is C14H16N2. The molecule has 2 aromatic carbocycles. The van der Waals surface area contributed by atoms with Crippen LogP contribution in [0.3, 0.4) is 0 Å². The number of rotatable bonds is 2. The molecule has 2 aromatic rings. The molecule has 2 rings (SSSR count). The number of nitrogens with two attached hydrogens (primary N) is 1. The summed E-state index contributed by atoms with van der Waals surface area (Å²) >= 11 is 0. The van der Waals surface area contributed by atoms with Crippen molar-refractivity contribution in [2.75, 3.05) is 11.1 Å².